The predicted octanol–water partition coefficient (Wildman–Crippen LogP) is 2.52. The lowest BCUT2D eigenvalue weighted by Gasteiger charge is -2.22. The lowest BCUT2D eigenvalue weighted by Crippen LogP contribution is -2.29. The van der Waals surface area contributed by atoms with E-state index in [2.05, 4.69) is 42.3 Å². The summed E-state index contributed by atoms with van der Waals surface area (Å²) in [6.07, 6.45) is 1.08. The van der Waals surface area contributed by atoms with Crippen LogP contribution in [0.1, 0.15) is 23.1 Å². The summed E-state index contributed by atoms with van der Waals surface area (Å²) in [4.78, 5) is 7.04. The summed E-state index contributed by atoms with van der Waals surface area (Å²) >= 11 is 0. The second kappa shape index (κ2) is 5.71. The lowest BCUT2D eigenvalue weighted by molar-refractivity contribution is 0.724. The summed E-state index contributed by atoms with van der Waals surface area (Å²) in [5, 5.41) is 14.0. The highest BCUT2D eigenvalue weighted by Gasteiger charge is 2.16. The molecule has 1 aliphatic heterocycles. The normalized spacial score (nSPS) is 15.8. The number of nitrogens with zero attached hydrogens (tertiary/aromatic N) is 3. The van der Waals surface area contributed by atoms with Crippen molar-refractivity contribution in [1.29, 1.82) is 5.26 Å². The third-order valence-electron chi connectivity index (χ3n) is 4.03. The Labute approximate surface area is 125 Å². The summed E-state index contributed by atoms with van der Waals surface area (Å²) in [7, 11) is 0. The molecule has 0 spiro atoms. The van der Waals surface area contributed by atoms with Crippen LogP contribution in [-0.4, -0.2) is 31.2 Å². The molecular weight excluding hydrogens is 260 g/mol. The van der Waals surface area contributed by atoms with Crippen LogP contribution >= 0.6 is 0 Å². The highest BCUT2D eigenvalue weighted by atomic mass is 15.2. The minimum absolute atomic E-state index is 0.677. The van der Waals surface area contributed by atoms with Crippen molar-refractivity contribution < 1.29 is 0 Å². The molecule has 1 aromatic heterocycles. The zero-order valence-corrected chi connectivity index (χ0v) is 12.6. The third-order valence-corrected chi connectivity index (χ3v) is 4.03. The maximum absolute atomic E-state index is 9.49. The molecule has 4 heteroatoms. The molecule has 0 unspecified atom stereocenters. The summed E-state index contributed by atoms with van der Waals surface area (Å²) < 4.78 is 0. The molecule has 1 saturated heterocycles. The van der Waals surface area contributed by atoms with Crippen molar-refractivity contribution in [3.05, 3.63) is 34.9 Å². The number of pyridine rings is 1. The van der Waals surface area contributed by atoms with Gasteiger partial charge in [-0.25, -0.2) is 4.98 Å². The zero-order valence-electron chi connectivity index (χ0n) is 12.6. The van der Waals surface area contributed by atoms with Crippen LogP contribution < -0.4 is 10.2 Å². The molecule has 2 aromatic rings. The predicted molar refractivity (Wildman–Crippen MR) is 85.6 cm³/mol. The van der Waals surface area contributed by atoms with Crippen LogP contribution in [0.4, 0.5) is 5.82 Å². The van der Waals surface area contributed by atoms with E-state index >= 15 is 0 Å². The first-order valence-electron chi connectivity index (χ1n) is 7.47. The molecule has 108 valence electrons. The Morgan fingerprint density at radius 3 is 2.86 bits per heavy atom. The van der Waals surface area contributed by atoms with Gasteiger partial charge in [0.15, 0.2) is 0 Å². The van der Waals surface area contributed by atoms with Crippen LogP contribution in [0.15, 0.2) is 18.2 Å². The topological polar surface area (TPSA) is 52.0 Å². The fraction of sp³-hybridized carbons (Fsp3) is 0.412. The molecule has 1 N–H and O–H groups in total. The average Bonchev–Trinajstić information content (AvgIpc) is 2.75. The molecule has 0 saturated carbocycles. The molecule has 21 heavy (non-hydrogen) atoms. The van der Waals surface area contributed by atoms with Gasteiger partial charge in [0.2, 0.25) is 0 Å². The number of nitrogens with one attached hydrogen (secondary N) is 1. The Kier molecular flexibility index (Phi) is 3.76. The summed E-state index contributed by atoms with van der Waals surface area (Å²) in [6.45, 7) is 7.99. The largest absolute Gasteiger partial charge is 0.354 e. The highest BCUT2D eigenvalue weighted by Crippen LogP contribution is 2.26. The number of nitriles is 1. The van der Waals surface area contributed by atoms with E-state index in [9.17, 15) is 5.26 Å². The molecule has 3 rings (SSSR count). The SMILES string of the molecule is Cc1cc(C)c2cc(C#N)c(N3CCCNCC3)nc2c1. The Bertz CT molecular complexity index is 707. The van der Waals surface area contributed by atoms with Gasteiger partial charge in [-0.05, 0) is 50.1 Å². The maximum atomic E-state index is 9.49. The number of hydrogen-bond acceptors (Lipinski definition) is 4. The van der Waals surface area contributed by atoms with Crippen molar-refractivity contribution in [3.63, 3.8) is 0 Å². The summed E-state index contributed by atoms with van der Waals surface area (Å²) in [5.74, 6) is 0.832. The Hall–Kier alpha value is -2.12. The number of hydrogen-bond donors (Lipinski definition) is 1. The zero-order chi connectivity index (χ0) is 14.8. The number of aryl methyl sites for hydroxylation is 2. The molecule has 4 nitrogen and oxygen atoms in total. The molecule has 2 heterocycles. The van der Waals surface area contributed by atoms with Crippen LogP contribution in [-0.2, 0) is 0 Å². The van der Waals surface area contributed by atoms with Gasteiger partial charge in [0.25, 0.3) is 0 Å². The smallest absolute Gasteiger partial charge is 0.147 e. The Balaban J connectivity index is 2.14. The number of anilines is 1. The van der Waals surface area contributed by atoms with Crippen molar-refractivity contribution >= 4 is 16.7 Å². The van der Waals surface area contributed by atoms with Gasteiger partial charge < -0.3 is 10.2 Å². The number of fused-ring (bicyclic) bond motifs is 1. The van der Waals surface area contributed by atoms with Crippen molar-refractivity contribution in [1.82, 2.24) is 10.3 Å². The molecule has 1 aromatic carbocycles. The van der Waals surface area contributed by atoms with Gasteiger partial charge in [0.05, 0.1) is 11.1 Å². The van der Waals surface area contributed by atoms with E-state index in [-0.39, 0.29) is 0 Å². The molecule has 0 amide bonds. The molecule has 0 radical (unpaired) electrons. The number of aromatic nitrogens is 1. The molecular formula is C17H20N4. The van der Waals surface area contributed by atoms with Gasteiger partial charge in [-0.15, -0.1) is 0 Å². The van der Waals surface area contributed by atoms with E-state index in [1.165, 1.54) is 11.1 Å². The van der Waals surface area contributed by atoms with Crippen LogP contribution in [0.25, 0.3) is 10.9 Å². The Morgan fingerprint density at radius 2 is 2.05 bits per heavy atom. The number of benzene rings is 1. The van der Waals surface area contributed by atoms with E-state index in [1.54, 1.807) is 0 Å². The molecule has 0 bridgehead atoms. The monoisotopic (exact) mass is 280 g/mol. The van der Waals surface area contributed by atoms with Crippen LogP contribution in [0.5, 0.6) is 0 Å². The first-order valence-corrected chi connectivity index (χ1v) is 7.47. The van der Waals surface area contributed by atoms with Crippen LogP contribution in [0.3, 0.4) is 0 Å². The first-order chi connectivity index (χ1) is 10.2. The fourth-order valence-electron chi connectivity index (χ4n) is 3.00. The van der Waals surface area contributed by atoms with Crippen molar-refractivity contribution in [2.75, 3.05) is 31.1 Å². The molecule has 1 fully saturated rings. The minimum Gasteiger partial charge on any atom is -0.354 e. The quantitative estimate of drug-likeness (QED) is 0.872. The molecule has 0 atom stereocenters. The minimum atomic E-state index is 0.677. The second-order valence-electron chi connectivity index (χ2n) is 5.71. The van der Waals surface area contributed by atoms with Crippen LogP contribution in [0.2, 0.25) is 0 Å². The van der Waals surface area contributed by atoms with Gasteiger partial charge in [-0.1, -0.05) is 6.07 Å². The maximum Gasteiger partial charge on any atom is 0.147 e. The van der Waals surface area contributed by atoms with E-state index < -0.39 is 0 Å². The van der Waals surface area contributed by atoms with Gasteiger partial charge in [-0.2, -0.15) is 5.26 Å². The van der Waals surface area contributed by atoms with Crippen molar-refractivity contribution in [2.45, 2.75) is 20.3 Å². The average molecular weight is 280 g/mol. The van der Waals surface area contributed by atoms with Crippen molar-refractivity contribution in [2.24, 2.45) is 0 Å². The summed E-state index contributed by atoms with van der Waals surface area (Å²) in [6, 6.07) is 8.55. The van der Waals surface area contributed by atoms with E-state index in [0.717, 1.165) is 49.3 Å². The third kappa shape index (κ3) is 2.70. The van der Waals surface area contributed by atoms with E-state index in [0.29, 0.717) is 5.56 Å². The van der Waals surface area contributed by atoms with E-state index in [1.807, 2.05) is 6.07 Å². The first kappa shape index (κ1) is 13.8. The van der Waals surface area contributed by atoms with Gasteiger partial charge >= 0.3 is 0 Å². The molecule has 0 aliphatic carbocycles. The fourth-order valence-corrected chi connectivity index (χ4v) is 3.00. The number of rotatable bonds is 1. The summed E-state index contributed by atoms with van der Waals surface area (Å²) in [5.41, 5.74) is 4.05. The standard InChI is InChI=1S/C17H20N4/c1-12-8-13(2)15-10-14(11-18)17(20-16(15)9-12)21-6-3-4-19-5-7-21/h8-10,19H,3-7H2,1-2H3. The van der Waals surface area contributed by atoms with Gasteiger partial charge in [0, 0.05) is 25.0 Å². The van der Waals surface area contributed by atoms with E-state index in [4.69, 9.17) is 4.98 Å². The van der Waals surface area contributed by atoms with Crippen molar-refractivity contribution in [3.8, 4) is 6.07 Å². The van der Waals surface area contributed by atoms with Crippen LogP contribution in [0, 0.1) is 25.2 Å². The molecule has 1 aliphatic rings. The lowest BCUT2D eigenvalue weighted by atomic mass is 10.0. The second-order valence-corrected chi connectivity index (χ2v) is 5.71. The Morgan fingerprint density at radius 1 is 1.19 bits per heavy atom. The van der Waals surface area contributed by atoms with Gasteiger partial charge in [0.1, 0.15) is 11.9 Å². The highest BCUT2D eigenvalue weighted by molar-refractivity contribution is 5.86. The van der Waals surface area contributed by atoms with Gasteiger partial charge in [-0.3, -0.25) is 0 Å².